The number of nitrogen functional groups attached to an aromatic ring is 1. The van der Waals surface area contributed by atoms with Crippen molar-refractivity contribution in [2.45, 2.75) is 38.1 Å². The molecule has 1 aromatic rings. The third-order valence-corrected chi connectivity index (χ3v) is 3.89. The second kappa shape index (κ2) is 5.35. The van der Waals surface area contributed by atoms with E-state index in [1.54, 1.807) is 4.90 Å². The molecule has 1 aromatic carbocycles. The summed E-state index contributed by atoms with van der Waals surface area (Å²) in [4.78, 5) is 1.71. The van der Waals surface area contributed by atoms with Crippen LogP contribution in [0.3, 0.4) is 0 Å². The summed E-state index contributed by atoms with van der Waals surface area (Å²) in [5, 5.41) is 0. The molecule has 1 saturated heterocycles. The number of likely N-dealkylation sites (tertiary alicyclic amines) is 1. The van der Waals surface area contributed by atoms with Gasteiger partial charge in [-0.15, -0.1) is 0 Å². The van der Waals surface area contributed by atoms with E-state index in [0.717, 1.165) is 18.2 Å². The number of hydrogen-bond acceptors (Lipinski definition) is 1. The van der Waals surface area contributed by atoms with Crippen LogP contribution in [0.25, 0.3) is 0 Å². The fraction of sp³-hybridized carbons (Fsp3) is 0.571. The molecule has 2 atom stereocenters. The van der Waals surface area contributed by atoms with E-state index >= 15 is 0 Å². The van der Waals surface area contributed by atoms with Gasteiger partial charge in [0.2, 0.25) is 0 Å². The van der Waals surface area contributed by atoms with Crippen molar-refractivity contribution in [1.29, 1.82) is 0 Å². The SMILES string of the molecule is C[NH+]1CCCCC1CCc1ccccc1N. The Bertz CT molecular complexity index is 335. The Morgan fingerprint density at radius 3 is 2.88 bits per heavy atom. The maximum atomic E-state index is 5.96. The second-order valence-corrected chi connectivity index (χ2v) is 5.03. The van der Waals surface area contributed by atoms with Gasteiger partial charge < -0.3 is 10.6 Å². The summed E-state index contributed by atoms with van der Waals surface area (Å²) in [5.41, 5.74) is 8.24. The largest absolute Gasteiger partial charge is 0.399 e. The highest BCUT2D eigenvalue weighted by molar-refractivity contribution is 5.46. The van der Waals surface area contributed by atoms with Crippen LogP contribution in [0.5, 0.6) is 0 Å². The molecule has 1 fully saturated rings. The van der Waals surface area contributed by atoms with Gasteiger partial charge in [0, 0.05) is 12.1 Å². The highest BCUT2D eigenvalue weighted by Crippen LogP contribution is 2.15. The average molecular weight is 219 g/mol. The first-order chi connectivity index (χ1) is 7.77. The first kappa shape index (κ1) is 11.5. The fourth-order valence-electron chi connectivity index (χ4n) is 2.73. The number of aryl methyl sites for hydroxylation is 1. The molecule has 0 aromatic heterocycles. The van der Waals surface area contributed by atoms with Crippen LogP contribution in [0.4, 0.5) is 5.69 Å². The molecule has 0 radical (unpaired) electrons. The second-order valence-electron chi connectivity index (χ2n) is 5.03. The minimum absolute atomic E-state index is 0.841. The van der Waals surface area contributed by atoms with Crippen molar-refractivity contribution >= 4 is 5.69 Å². The maximum Gasteiger partial charge on any atom is 0.0875 e. The highest BCUT2D eigenvalue weighted by atomic mass is 15.1. The van der Waals surface area contributed by atoms with Gasteiger partial charge >= 0.3 is 0 Å². The Kier molecular flexibility index (Phi) is 3.83. The summed E-state index contributed by atoms with van der Waals surface area (Å²) in [6, 6.07) is 9.11. The minimum Gasteiger partial charge on any atom is -0.399 e. The van der Waals surface area contributed by atoms with Gasteiger partial charge in [0.1, 0.15) is 0 Å². The summed E-state index contributed by atoms with van der Waals surface area (Å²) in [6.07, 6.45) is 6.61. The monoisotopic (exact) mass is 219 g/mol. The normalized spacial score (nSPS) is 25.6. The summed E-state index contributed by atoms with van der Waals surface area (Å²) in [6.45, 7) is 1.34. The lowest BCUT2D eigenvalue weighted by Crippen LogP contribution is -3.13. The lowest BCUT2D eigenvalue weighted by Gasteiger charge is -2.29. The van der Waals surface area contributed by atoms with E-state index in [2.05, 4.69) is 19.2 Å². The van der Waals surface area contributed by atoms with Crippen LogP contribution in [0, 0.1) is 0 Å². The Labute approximate surface area is 98.4 Å². The van der Waals surface area contributed by atoms with Gasteiger partial charge in [0.25, 0.3) is 0 Å². The van der Waals surface area contributed by atoms with Crippen molar-refractivity contribution in [1.82, 2.24) is 0 Å². The third-order valence-electron chi connectivity index (χ3n) is 3.89. The minimum atomic E-state index is 0.841. The van der Waals surface area contributed by atoms with Crippen LogP contribution in [-0.2, 0) is 6.42 Å². The molecule has 1 heterocycles. The molecule has 16 heavy (non-hydrogen) atoms. The van der Waals surface area contributed by atoms with Gasteiger partial charge in [-0.1, -0.05) is 18.2 Å². The van der Waals surface area contributed by atoms with Crippen LogP contribution < -0.4 is 10.6 Å². The summed E-state index contributed by atoms with van der Waals surface area (Å²) >= 11 is 0. The maximum absolute atomic E-state index is 5.96. The van der Waals surface area contributed by atoms with Crippen molar-refractivity contribution in [3.63, 3.8) is 0 Å². The summed E-state index contributed by atoms with van der Waals surface area (Å²) in [7, 11) is 2.33. The molecule has 1 aliphatic heterocycles. The van der Waals surface area contributed by atoms with Crippen LogP contribution >= 0.6 is 0 Å². The predicted molar refractivity (Wildman–Crippen MR) is 68.6 cm³/mol. The molecule has 2 nitrogen and oxygen atoms in total. The number of para-hydroxylation sites is 1. The van der Waals surface area contributed by atoms with Crippen LogP contribution in [-0.4, -0.2) is 19.6 Å². The molecule has 2 rings (SSSR count). The first-order valence-corrected chi connectivity index (χ1v) is 6.43. The number of benzene rings is 1. The number of hydrogen-bond donors (Lipinski definition) is 2. The molecule has 0 bridgehead atoms. The number of anilines is 1. The zero-order chi connectivity index (χ0) is 11.4. The van der Waals surface area contributed by atoms with Gasteiger partial charge in [-0.25, -0.2) is 0 Å². The van der Waals surface area contributed by atoms with Crippen molar-refractivity contribution < 1.29 is 4.90 Å². The third kappa shape index (κ3) is 2.76. The standard InChI is InChI=1S/C14H22N2/c1-16-11-5-4-7-13(16)10-9-12-6-2-3-8-14(12)15/h2-3,6,8,13H,4-5,7,9-11,15H2,1H3/p+1. The Hall–Kier alpha value is -1.02. The van der Waals surface area contributed by atoms with Crippen molar-refractivity contribution in [3.05, 3.63) is 29.8 Å². The van der Waals surface area contributed by atoms with Crippen LogP contribution in [0.2, 0.25) is 0 Å². The van der Waals surface area contributed by atoms with Gasteiger partial charge in [-0.05, 0) is 37.3 Å². The van der Waals surface area contributed by atoms with Crippen molar-refractivity contribution in [3.8, 4) is 0 Å². The number of nitrogens with one attached hydrogen (secondary N) is 1. The summed E-state index contributed by atoms with van der Waals surface area (Å²) in [5.74, 6) is 0. The molecule has 3 N–H and O–H groups in total. The molecule has 0 aliphatic carbocycles. The first-order valence-electron chi connectivity index (χ1n) is 6.43. The van der Waals surface area contributed by atoms with E-state index in [1.807, 2.05) is 12.1 Å². The highest BCUT2D eigenvalue weighted by Gasteiger charge is 2.22. The Morgan fingerprint density at radius 1 is 1.31 bits per heavy atom. The molecule has 88 valence electrons. The van der Waals surface area contributed by atoms with Gasteiger partial charge in [0.15, 0.2) is 0 Å². The van der Waals surface area contributed by atoms with E-state index in [4.69, 9.17) is 5.73 Å². The zero-order valence-electron chi connectivity index (χ0n) is 10.2. The number of piperidine rings is 1. The molecular weight excluding hydrogens is 196 g/mol. The van der Waals surface area contributed by atoms with Gasteiger partial charge in [-0.3, -0.25) is 0 Å². The van der Waals surface area contributed by atoms with Gasteiger partial charge in [0.05, 0.1) is 19.6 Å². The van der Waals surface area contributed by atoms with Gasteiger partial charge in [-0.2, -0.15) is 0 Å². The van der Waals surface area contributed by atoms with E-state index in [-0.39, 0.29) is 0 Å². The smallest absolute Gasteiger partial charge is 0.0875 e. The average Bonchev–Trinajstić information content (AvgIpc) is 2.30. The van der Waals surface area contributed by atoms with E-state index in [0.29, 0.717) is 0 Å². The molecular formula is C14H23N2+. The van der Waals surface area contributed by atoms with Crippen molar-refractivity contribution in [2.75, 3.05) is 19.3 Å². The fourth-order valence-corrected chi connectivity index (χ4v) is 2.73. The van der Waals surface area contributed by atoms with E-state index in [1.165, 1.54) is 37.8 Å². The zero-order valence-corrected chi connectivity index (χ0v) is 10.2. The quantitative estimate of drug-likeness (QED) is 0.737. The lowest BCUT2D eigenvalue weighted by molar-refractivity contribution is -0.911. The number of rotatable bonds is 3. The van der Waals surface area contributed by atoms with E-state index in [9.17, 15) is 0 Å². The summed E-state index contributed by atoms with van der Waals surface area (Å²) < 4.78 is 0. The van der Waals surface area contributed by atoms with Crippen LogP contribution in [0.15, 0.2) is 24.3 Å². The molecule has 0 amide bonds. The van der Waals surface area contributed by atoms with E-state index < -0.39 is 0 Å². The topological polar surface area (TPSA) is 30.5 Å². The Morgan fingerprint density at radius 2 is 2.12 bits per heavy atom. The number of nitrogens with two attached hydrogens (primary N) is 1. The molecule has 2 heteroatoms. The predicted octanol–water partition coefficient (Wildman–Crippen LogP) is 1.27. The molecule has 0 spiro atoms. The lowest BCUT2D eigenvalue weighted by atomic mass is 9.96. The molecule has 1 aliphatic rings. The molecule has 2 unspecified atom stereocenters. The number of quaternary nitrogens is 1. The Balaban J connectivity index is 1.89. The van der Waals surface area contributed by atoms with Crippen molar-refractivity contribution in [2.24, 2.45) is 0 Å². The van der Waals surface area contributed by atoms with Crippen LogP contribution in [0.1, 0.15) is 31.2 Å². The molecule has 0 saturated carbocycles.